The number of alkyl halides is 3. The lowest BCUT2D eigenvalue weighted by molar-refractivity contribution is -0.127. The second-order valence-electron chi connectivity index (χ2n) is 8.89. The highest BCUT2D eigenvalue weighted by Gasteiger charge is 2.32. The second-order valence-corrected chi connectivity index (χ2v) is 9.25. The summed E-state index contributed by atoms with van der Waals surface area (Å²) in [5, 5.41) is 6.79. The summed E-state index contributed by atoms with van der Waals surface area (Å²) in [6.45, 7) is 5.61. The van der Waals surface area contributed by atoms with Crippen LogP contribution in [0.3, 0.4) is 0 Å². The predicted molar refractivity (Wildman–Crippen MR) is 124 cm³/mol. The zero-order chi connectivity index (χ0) is 25.0. The first-order valence-corrected chi connectivity index (χ1v) is 11.5. The minimum absolute atomic E-state index is 0.126. The van der Waals surface area contributed by atoms with Crippen LogP contribution >= 0.6 is 11.6 Å². The van der Waals surface area contributed by atoms with Crippen molar-refractivity contribution < 1.29 is 22.8 Å². The van der Waals surface area contributed by atoms with Gasteiger partial charge in [-0.2, -0.15) is 18.3 Å². The number of aromatic nitrogens is 2. The van der Waals surface area contributed by atoms with E-state index in [0.29, 0.717) is 29.7 Å². The molecule has 0 radical (unpaired) electrons. The maximum atomic E-state index is 13.0. The molecule has 1 fully saturated rings. The number of rotatable bonds is 9. The maximum absolute atomic E-state index is 13.0. The number of hydrogen-bond acceptors (Lipinski definition) is 3. The summed E-state index contributed by atoms with van der Waals surface area (Å²) in [6.07, 6.45) is 0.525. The van der Waals surface area contributed by atoms with E-state index in [2.05, 4.69) is 18.9 Å². The maximum Gasteiger partial charge on any atom is 0.405 e. The molecule has 2 amide bonds. The van der Waals surface area contributed by atoms with Gasteiger partial charge in [-0.15, -0.1) is 0 Å². The average molecular weight is 497 g/mol. The summed E-state index contributed by atoms with van der Waals surface area (Å²) in [6, 6.07) is 6.34. The van der Waals surface area contributed by atoms with Gasteiger partial charge in [-0.25, -0.2) is 0 Å². The molecule has 1 aliphatic carbocycles. The van der Waals surface area contributed by atoms with Crippen LogP contribution in [0.25, 0.3) is 6.08 Å². The molecular formula is C24H28ClF3N4O2. The van der Waals surface area contributed by atoms with Gasteiger partial charge in [0.05, 0.1) is 5.69 Å². The van der Waals surface area contributed by atoms with Crippen LogP contribution in [0.5, 0.6) is 0 Å². The third kappa shape index (κ3) is 7.09. The first-order chi connectivity index (χ1) is 15.9. The number of amides is 2. The van der Waals surface area contributed by atoms with Gasteiger partial charge in [0.15, 0.2) is 0 Å². The molecule has 1 saturated carbocycles. The normalized spacial score (nSPS) is 14.1. The summed E-state index contributed by atoms with van der Waals surface area (Å²) in [7, 11) is 0. The fourth-order valence-corrected chi connectivity index (χ4v) is 3.79. The van der Waals surface area contributed by atoms with E-state index in [4.69, 9.17) is 11.6 Å². The number of aryl methyl sites for hydroxylation is 1. The largest absolute Gasteiger partial charge is 0.405 e. The molecule has 184 valence electrons. The molecule has 1 aliphatic rings. The van der Waals surface area contributed by atoms with E-state index >= 15 is 0 Å². The molecular weight excluding hydrogens is 469 g/mol. The molecule has 0 spiro atoms. The van der Waals surface area contributed by atoms with Crippen molar-refractivity contribution in [2.24, 2.45) is 5.92 Å². The highest BCUT2D eigenvalue weighted by Crippen LogP contribution is 2.29. The van der Waals surface area contributed by atoms with Gasteiger partial charge in [0.1, 0.15) is 11.7 Å². The Hall–Kier alpha value is -2.81. The van der Waals surface area contributed by atoms with E-state index in [1.807, 2.05) is 12.2 Å². The van der Waals surface area contributed by atoms with Crippen LogP contribution in [0, 0.1) is 12.8 Å². The molecule has 6 nitrogen and oxygen atoms in total. The molecule has 34 heavy (non-hydrogen) atoms. The zero-order valence-electron chi connectivity index (χ0n) is 19.3. The Bertz CT molecular complexity index is 1060. The van der Waals surface area contributed by atoms with Crippen molar-refractivity contribution in [3.05, 3.63) is 57.9 Å². The Labute approximate surface area is 201 Å². The van der Waals surface area contributed by atoms with Crippen molar-refractivity contribution in [1.82, 2.24) is 20.0 Å². The number of nitrogens with zero attached hydrogens (tertiary/aromatic N) is 3. The van der Waals surface area contributed by atoms with Crippen LogP contribution in [0.2, 0.25) is 5.15 Å². The zero-order valence-corrected chi connectivity index (χ0v) is 20.1. The van der Waals surface area contributed by atoms with Crippen LogP contribution in [0.4, 0.5) is 13.2 Å². The summed E-state index contributed by atoms with van der Waals surface area (Å²) in [5.74, 6) is -0.587. The van der Waals surface area contributed by atoms with Crippen molar-refractivity contribution in [2.45, 2.75) is 58.9 Å². The molecule has 10 heteroatoms. The Morgan fingerprint density at radius 3 is 2.47 bits per heavy atom. The fourth-order valence-electron chi connectivity index (χ4n) is 3.49. The first-order valence-electron chi connectivity index (χ1n) is 11.1. The van der Waals surface area contributed by atoms with Crippen LogP contribution in [0.15, 0.2) is 30.3 Å². The fraction of sp³-hybridized carbons (Fsp3) is 0.458. The standard InChI is InChI=1S/C24H28ClF3N4O2/c1-15(2)12-32-22(25)20(16(3)30-32)10-11-21(33)31(19-8-9-19)13-17-4-6-18(7-5-17)23(34)29-14-24(26,27)28/h4-7,10-11,15,19H,8-9,12-14H2,1-3H3,(H,29,34)/b11-10+. The van der Waals surface area contributed by atoms with Crippen LogP contribution < -0.4 is 5.32 Å². The summed E-state index contributed by atoms with van der Waals surface area (Å²) >= 11 is 6.46. The highest BCUT2D eigenvalue weighted by molar-refractivity contribution is 6.31. The lowest BCUT2D eigenvalue weighted by Crippen LogP contribution is -2.33. The number of halogens is 4. The van der Waals surface area contributed by atoms with Crippen molar-refractivity contribution in [2.75, 3.05) is 6.54 Å². The minimum Gasteiger partial charge on any atom is -0.343 e. The molecule has 0 saturated heterocycles. The van der Waals surface area contributed by atoms with Crippen molar-refractivity contribution in [3.63, 3.8) is 0 Å². The van der Waals surface area contributed by atoms with Crippen LogP contribution in [0.1, 0.15) is 53.9 Å². The van der Waals surface area contributed by atoms with E-state index < -0.39 is 18.6 Å². The molecule has 0 unspecified atom stereocenters. The number of hydrogen-bond donors (Lipinski definition) is 1. The SMILES string of the molecule is Cc1nn(CC(C)C)c(Cl)c1/C=C/C(=O)N(Cc1ccc(C(=O)NCC(F)(F)F)cc1)C1CC1. The monoisotopic (exact) mass is 496 g/mol. The van der Waals surface area contributed by atoms with E-state index in [9.17, 15) is 22.8 Å². The average Bonchev–Trinajstić information content (AvgIpc) is 3.56. The molecule has 2 aromatic rings. The van der Waals surface area contributed by atoms with E-state index in [1.165, 1.54) is 18.2 Å². The van der Waals surface area contributed by atoms with Gasteiger partial charge in [-0.3, -0.25) is 14.3 Å². The Morgan fingerprint density at radius 2 is 1.91 bits per heavy atom. The Kier molecular flexibility index (Phi) is 8.07. The smallest absolute Gasteiger partial charge is 0.343 e. The molecule has 3 rings (SSSR count). The minimum atomic E-state index is -4.47. The molecule has 1 aromatic carbocycles. The second kappa shape index (κ2) is 10.6. The number of benzene rings is 1. The summed E-state index contributed by atoms with van der Waals surface area (Å²) in [4.78, 5) is 26.6. The molecule has 1 aromatic heterocycles. The Balaban J connectivity index is 1.66. The predicted octanol–water partition coefficient (Wildman–Crippen LogP) is 5.00. The van der Waals surface area contributed by atoms with Crippen molar-refractivity contribution >= 4 is 29.5 Å². The summed E-state index contributed by atoms with van der Waals surface area (Å²) in [5.41, 5.74) is 2.36. The molecule has 1 heterocycles. The highest BCUT2D eigenvalue weighted by atomic mass is 35.5. The number of carbonyl (C=O) groups is 2. The third-order valence-electron chi connectivity index (χ3n) is 5.33. The molecule has 0 bridgehead atoms. The van der Waals surface area contributed by atoms with Gasteiger partial charge >= 0.3 is 6.18 Å². The van der Waals surface area contributed by atoms with Crippen LogP contribution in [-0.4, -0.2) is 45.3 Å². The lowest BCUT2D eigenvalue weighted by atomic mass is 10.1. The number of carbonyl (C=O) groups excluding carboxylic acids is 2. The van der Waals surface area contributed by atoms with E-state index in [0.717, 1.165) is 24.1 Å². The van der Waals surface area contributed by atoms with Gasteiger partial charge in [-0.1, -0.05) is 37.6 Å². The van der Waals surface area contributed by atoms with Gasteiger partial charge in [0.25, 0.3) is 5.91 Å². The number of nitrogens with one attached hydrogen (secondary N) is 1. The van der Waals surface area contributed by atoms with E-state index in [-0.39, 0.29) is 17.5 Å². The lowest BCUT2D eigenvalue weighted by Gasteiger charge is -2.21. The molecule has 0 atom stereocenters. The van der Waals surface area contributed by atoms with Gasteiger partial charge in [-0.05, 0) is 49.5 Å². The van der Waals surface area contributed by atoms with Crippen LogP contribution in [-0.2, 0) is 17.9 Å². The van der Waals surface area contributed by atoms with Crippen molar-refractivity contribution in [3.8, 4) is 0 Å². The molecule has 0 aliphatic heterocycles. The van der Waals surface area contributed by atoms with Gasteiger partial charge in [0.2, 0.25) is 5.91 Å². The third-order valence-corrected chi connectivity index (χ3v) is 5.73. The Morgan fingerprint density at radius 1 is 1.26 bits per heavy atom. The van der Waals surface area contributed by atoms with E-state index in [1.54, 1.807) is 27.8 Å². The molecule has 1 N–H and O–H groups in total. The summed E-state index contributed by atoms with van der Waals surface area (Å²) < 4.78 is 38.6. The van der Waals surface area contributed by atoms with Gasteiger partial charge in [0, 0.05) is 36.3 Å². The first kappa shape index (κ1) is 25.8. The topological polar surface area (TPSA) is 67.2 Å². The van der Waals surface area contributed by atoms with Gasteiger partial charge < -0.3 is 10.2 Å². The van der Waals surface area contributed by atoms with Crippen molar-refractivity contribution in [1.29, 1.82) is 0 Å². The quantitative estimate of drug-likeness (QED) is 0.497.